The van der Waals surface area contributed by atoms with Crippen LogP contribution in [0.1, 0.15) is 18.4 Å². The summed E-state index contributed by atoms with van der Waals surface area (Å²) in [6.07, 6.45) is 5.80. The number of pyridine rings is 1. The van der Waals surface area contributed by atoms with Crippen molar-refractivity contribution in [3.05, 3.63) is 53.1 Å². The summed E-state index contributed by atoms with van der Waals surface area (Å²) in [5, 5.41) is 3.44. The highest BCUT2D eigenvalue weighted by Gasteiger charge is 2.20. The van der Waals surface area contributed by atoms with Gasteiger partial charge >= 0.3 is 0 Å². The van der Waals surface area contributed by atoms with Gasteiger partial charge in [-0.1, -0.05) is 17.7 Å². The quantitative estimate of drug-likeness (QED) is 0.907. The van der Waals surface area contributed by atoms with Crippen molar-refractivity contribution < 1.29 is 9.13 Å². The molecule has 5 heteroatoms. The van der Waals surface area contributed by atoms with Crippen molar-refractivity contribution in [1.29, 1.82) is 0 Å². The van der Waals surface area contributed by atoms with Crippen LogP contribution >= 0.6 is 11.6 Å². The number of halogens is 2. The van der Waals surface area contributed by atoms with Crippen molar-refractivity contribution in [2.24, 2.45) is 0 Å². The average molecular weight is 293 g/mol. The maximum atomic E-state index is 13.8. The summed E-state index contributed by atoms with van der Waals surface area (Å²) in [4.78, 5) is 4.11. The van der Waals surface area contributed by atoms with E-state index in [0.29, 0.717) is 11.8 Å². The summed E-state index contributed by atoms with van der Waals surface area (Å²) in [5.41, 5.74) is 1.01. The lowest BCUT2D eigenvalue weighted by Gasteiger charge is -2.09. The van der Waals surface area contributed by atoms with Crippen molar-refractivity contribution in [2.75, 3.05) is 0 Å². The molecule has 0 amide bonds. The average Bonchev–Trinajstić information content (AvgIpc) is 3.26. The van der Waals surface area contributed by atoms with Crippen LogP contribution in [0.4, 0.5) is 4.39 Å². The van der Waals surface area contributed by atoms with E-state index < -0.39 is 5.82 Å². The van der Waals surface area contributed by atoms with Crippen LogP contribution in [-0.2, 0) is 6.54 Å². The highest BCUT2D eigenvalue weighted by atomic mass is 35.5. The molecule has 0 spiro atoms. The summed E-state index contributed by atoms with van der Waals surface area (Å²) < 4.78 is 19.3. The minimum absolute atomic E-state index is 0.0435. The summed E-state index contributed by atoms with van der Waals surface area (Å²) in [5.74, 6) is 0.0449. The van der Waals surface area contributed by atoms with E-state index in [1.807, 2.05) is 6.07 Å². The molecule has 1 aliphatic carbocycles. The second-order valence-corrected chi connectivity index (χ2v) is 5.25. The molecule has 0 radical (unpaired) electrons. The van der Waals surface area contributed by atoms with Gasteiger partial charge in [0.15, 0.2) is 11.6 Å². The number of hydrogen-bond donors (Lipinski definition) is 1. The standard InChI is InChI=1S/C15H14ClFN2O/c16-13-2-1-3-14(15(13)17)20-12-6-10(7-18-9-12)8-19-11-4-5-11/h1-3,6-7,9,11,19H,4-5,8H2. The molecule has 104 valence electrons. The molecule has 20 heavy (non-hydrogen) atoms. The first-order valence-corrected chi connectivity index (χ1v) is 6.89. The van der Waals surface area contributed by atoms with E-state index in [-0.39, 0.29) is 10.8 Å². The first kappa shape index (κ1) is 13.3. The molecule has 1 aromatic heterocycles. The van der Waals surface area contributed by atoms with Crippen LogP contribution in [0.15, 0.2) is 36.7 Å². The number of ether oxygens (including phenoxy) is 1. The molecule has 0 bridgehead atoms. The normalized spacial score (nSPS) is 14.3. The Kier molecular flexibility index (Phi) is 3.85. The summed E-state index contributed by atoms with van der Waals surface area (Å²) in [6.45, 7) is 0.743. The second kappa shape index (κ2) is 5.77. The van der Waals surface area contributed by atoms with E-state index in [2.05, 4.69) is 10.3 Å². The first-order valence-electron chi connectivity index (χ1n) is 6.51. The monoisotopic (exact) mass is 292 g/mol. The lowest BCUT2D eigenvalue weighted by molar-refractivity contribution is 0.440. The van der Waals surface area contributed by atoms with Gasteiger partial charge in [-0.25, -0.2) is 4.39 Å². The zero-order valence-corrected chi connectivity index (χ0v) is 11.5. The fourth-order valence-electron chi connectivity index (χ4n) is 1.86. The van der Waals surface area contributed by atoms with Gasteiger partial charge < -0.3 is 10.1 Å². The van der Waals surface area contributed by atoms with Gasteiger partial charge in [0.05, 0.1) is 11.2 Å². The molecule has 0 atom stereocenters. The highest BCUT2D eigenvalue weighted by Crippen LogP contribution is 2.28. The smallest absolute Gasteiger partial charge is 0.184 e. The zero-order valence-electron chi connectivity index (χ0n) is 10.8. The number of nitrogens with zero attached hydrogens (tertiary/aromatic N) is 1. The lowest BCUT2D eigenvalue weighted by atomic mass is 10.2. The van der Waals surface area contributed by atoms with Crippen LogP contribution in [0.5, 0.6) is 11.5 Å². The van der Waals surface area contributed by atoms with Gasteiger partial charge in [-0.3, -0.25) is 4.98 Å². The first-order chi connectivity index (χ1) is 9.72. The van der Waals surface area contributed by atoms with E-state index in [4.69, 9.17) is 16.3 Å². The third-order valence-corrected chi connectivity index (χ3v) is 3.38. The summed E-state index contributed by atoms with van der Waals surface area (Å²) >= 11 is 5.72. The van der Waals surface area contributed by atoms with Crippen molar-refractivity contribution >= 4 is 11.6 Å². The van der Waals surface area contributed by atoms with E-state index in [0.717, 1.165) is 12.1 Å². The molecule has 1 saturated carbocycles. The predicted molar refractivity (Wildman–Crippen MR) is 75.6 cm³/mol. The molecule has 1 aliphatic rings. The van der Waals surface area contributed by atoms with Crippen LogP contribution in [-0.4, -0.2) is 11.0 Å². The van der Waals surface area contributed by atoms with E-state index in [1.54, 1.807) is 18.5 Å². The Morgan fingerprint density at radius 1 is 1.35 bits per heavy atom. The summed E-state index contributed by atoms with van der Waals surface area (Å²) in [6, 6.07) is 7.15. The van der Waals surface area contributed by atoms with Gasteiger partial charge in [-0.2, -0.15) is 0 Å². The Labute approximate surface area is 121 Å². The van der Waals surface area contributed by atoms with Gasteiger partial charge in [0, 0.05) is 18.8 Å². The molecule has 1 aromatic carbocycles. The molecule has 0 aliphatic heterocycles. The second-order valence-electron chi connectivity index (χ2n) is 4.84. The van der Waals surface area contributed by atoms with E-state index in [9.17, 15) is 4.39 Å². The topological polar surface area (TPSA) is 34.1 Å². The minimum atomic E-state index is -0.560. The Morgan fingerprint density at radius 3 is 3.00 bits per heavy atom. The van der Waals surface area contributed by atoms with Gasteiger partial charge in [0.2, 0.25) is 0 Å². The van der Waals surface area contributed by atoms with Crippen molar-refractivity contribution in [1.82, 2.24) is 10.3 Å². The van der Waals surface area contributed by atoms with Gasteiger partial charge in [0.25, 0.3) is 0 Å². The third kappa shape index (κ3) is 3.26. The highest BCUT2D eigenvalue weighted by molar-refractivity contribution is 6.30. The van der Waals surface area contributed by atoms with Crippen molar-refractivity contribution in [3.8, 4) is 11.5 Å². The number of rotatable bonds is 5. The van der Waals surface area contributed by atoms with Crippen molar-refractivity contribution in [3.63, 3.8) is 0 Å². The Hall–Kier alpha value is -1.65. The zero-order chi connectivity index (χ0) is 13.9. The lowest BCUT2D eigenvalue weighted by Crippen LogP contribution is -2.15. The van der Waals surface area contributed by atoms with Crippen LogP contribution in [0.25, 0.3) is 0 Å². The fraction of sp³-hybridized carbons (Fsp3) is 0.267. The molecular formula is C15H14ClFN2O. The molecule has 2 aromatic rings. The molecule has 3 rings (SSSR count). The Balaban J connectivity index is 1.72. The Morgan fingerprint density at radius 2 is 2.20 bits per heavy atom. The van der Waals surface area contributed by atoms with Gasteiger partial charge in [-0.15, -0.1) is 0 Å². The molecule has 1 fully saturated rings. The number of nitrogens with one attached hydrogen (secondary N) is 1. The maximum Gasteiger partial charge on any atom is 0.184 e. The van der Waals surface area contributed by atoms with Gasteiger partial charge in [-0.05, 0) is 36.6 Å². The molecule has 1 N–H and O–H groups in total. The molecule has 3 nitrogen and oxygen atoms in total. The van der Waals surface area contributed by atoms with E-state index >= 15 is 0 Å². The van der Waals surface area contributed by atoms with Crippen LogP contribution in [0.3, 0.4) is 0 Å². The number of benzene rings is 1. The summed E-state index contributed by atoms with van der Waals surface area (Å²) in [7, 11) is 0. The minimum Gasteiger partial charge on any atom is -0.453 e. The largest absolute Gasteiger partial charge is 0.453 e. The Bertz CT molecular complexity index is 617. The van der Waals surface area contributed by atoms with E-state index in [1.165, 1.54) is 25.0 Å². The SMILES string of the molecule is Fc1c(Cl)cccc1Oc1cncc(CNC2CC2)c1. The molecule has 0 unspecified atom stereocenters. The van der Waals surface area contributed by atoms with Gasteiger partial charge in [0.1, 0.15) is 5.75 Å². The fourth-order valence-corrected chi connectivity index (χ4v) is 2.02. The number of aromatic nitrogens is 1. The molecule has 1 heterocycles. The third-order valence-electron chi connectivity index (χ3n) is 3.09. The van der Waals surface area contributed by atoms with Crippen LogP contribution < -0.4 is 10.1 Å². The molecular weight excluding hydrogens is 279 g/mol. The van der Waals surface area contributed by atoms with Crippen molar-refractivity contribution in [2.45, 2.75) is 25.4 Å². The van der Waals surface area contributed by atoms with Crippen LogP contribution in [0.2, 0.25) is 5.02 Å². The number of hydrogen-bond acceptors (Lipinski definition) is 3. The molecule has 0 saturated heterocycles. The maximum absolute atomic E-state index is 13.8. The van der Waals surface area contributed by atoms with Crippen LogP contribution in [0, 0.1) is 5.82 Å². The predicted octanol–water partition coefficient (Wildman–Crippen LogP) is 3.92.